The zero-order valence-corrected chi connectivity index (χ0v) is 9.15. The number of aromatic amines is 1. The summed E-state index contributed by atoms with van der Waals surface area (Å²) in [7, 11) is 0. The van der Waals surface area contributed by atoms with Gasteiger partial charge in [-0.05, 0) is 32.0 Å². The Morgan fingerprint density at radius 3 is 2.81 bits per heavy atom. The van der Waals surface area contributed by atoms with Crippen LogP contribution < -0.4 is 4.74 Å². The first kappa shape index (κ1) is 10.5. The summed E-state index contributed by atoms with van der Waals surface area (Å²) in [6.45, 7) is 3.86. The maximum Gasteiger partial charge on any atom is 0.337 e. The standard InChI is InChI=1S/C12H13NO3/c1-7(2)16-8-3-4-11-9(5-8)10(6-13-11)12(14)15/h3-7,13H,1-2H3,(H,14,15). The molecule has 0 unspecified atom stereocenters. The van der Waals surface area contributed by atoms with E-state index in [-0.39, 0.29) is 11.7 Å². The van der Waals surface area contributed by atoms with Crippen molar-refractivity contribution in [2.75, 3.05) is 0 Å². The molecule has 0 amide bonds. The van der Waals surface area contributed by atoms with Gasteiger partial charge in [0.05, 0.1) is 11.7 Å². The summed E-state index contributed by atoms with van der Waals surface area (Å²) in [6, 6.07) is 5.39. The van der Waals surface area contributed by atoms with Crippen LogP contribution in [0.5, 0.6) is 5.75 Å². The van der Waals surface area contributed by atoms with Gasteiger partial charge in [0.15, 0.2) is 0 Å². The number of nitrogens with one attached hydrogen (secondary N) is 1. The number of carboxylic acid groups (broad SMARTS) is 1. The van der Waals surface area contributed by atoms with Gasteiger partial charge in [0.25, 0.3) is 0 Å². The minimum atomic E-state index is -0.937. The summed E-state index contributed by atoms with van der Waals surface area (Å²) in [4.78, 5) is 13.9. The molecule has 0 spiro atoms. The number of rotatable bonds is 3. The molecule has 2 aromatic rings. The first-order chi connectivity index (χ1) is 7.58. The topological polar surface area (TPSA) is 62.3 Å². The lowest BCUT2D eigenvalue weighted by molar-refractivity contribution is 0.0699. The first-order valence-electron chi connectivity index (χ1n) is 5.09. The van der Waals surface area contributed by atoms with Crippen LogP contribution in [0.1, 0.15) is 24.2 Å². The predicted octanol–water partition coefficient (Wildman–Crippen LogP) is 2.65. The van der Waals surface area contributed by atoms with Crippen molar-refractivity contribution in [3.63, 3.8) is 0 Å². The molecule has 1 aromatic heterocycles. The highest BCUT2D eigenvalue weighted by Gasteiger charge is 2.11. The lowest BCUT2D eigenvalue weighted by Gasteiger charge is -2.09. The van der Waals surface area contributed by atoms with Crippen molar-refractivity contribution in [1.82, 2.24) is 4.98 Å². The van der Waals surface area contributed by atoms with Crippen molar-refractivity contribution in [2.24, 2.45) is 0 Å². The van der Waals surface area contributed by atoms with Crippen LogP contribution in [0.3, 0.4) is 0 Å². The number of H-pyrrole nitrogens is 1. The Kier molecular flexibility index (Phi) is 2.56. The molecule has 0 saturated carbocycles. The van der Waals surface area contributed by atoms with E-state index in [1.54, 1.807) is 6.07 Å². The van der Waals surface area contributed by atoms with E-state index in [1.165, 1.54) is 6.20 Å². The normalized spacial score (nSPS) is 10.9. The van der Waals surface area contributed by atoms with Gasteiger partial charge >= 0.3 is 5.97 Å². The van der Waals surface area contributed by atoms with Gasteiger partial charge in [0.2, 0.25) is 0 Å². The highest BCUT2D eigenvalue weighted by molar-refractivity contribution is 6.03. The molecule has 2 N–H and O–H groups in total. The van der Waals surface area contributed by atoms with E-state index in [0.29, 0.717) is 11.1 Å². The predicted molar refractivity (Wildman–Crippen MR) is 61.0 cm³/mol. The zero-order chi connectivity index (χ0) is 11.7. The maximum atomic E-state index is 10.9. The van der Waals surface area contributed by atoms with E-state index in [1.807, 2.05) is 26.0 Å². The quantitative estimate of drug-likeness (QED) is 0.834. The summed E-state index contributed by atoms with van der Waals surface area (Å²) in [5.41, 5.74) is 1.07. The fraction of sp³-hybridized carbons (Fsp3) is 0.250. The molecule has 4 heteroatoms. The van der Waals surface area contributed by atoms with Gasteiger partial charge < -0.3 is 14.8 Å². The van der Waals surface area contributed by atoms with E-state index in [4.69, 9.17) is 9.84 Å². The second-order valence-corrected chi connectivity index (χ2v) is 3.88. The van der Waals surface area contributed by atoms with Crippen molar-refractivity contribution in [1.29, 1.82) is 0 Å². The molecule has 2 rings (SSSR count). The summed E-state index contributed by atoms with van der Waals surface area (Å²) in [5.74, 6) is -0.252. The van der Waals surface area contributed by atoms with Gasteiger partial charge in [-0.15, -0.1) is 0 Å². The van der Waals surface area contributed by atoms with E-state index >= 15 is 0 Å². The van der Waals surface area contributed by atoms with E-state index in [2.05, 4.69) is 4.98 Å². The summed E-state index contributed by atoms with van der Waals surface area (Å²) in [5, 5.41) is 9.66. The smallest absolute Gasteiger partial charge is 0.337 e. The molecule has 1 heterocycles. The molecule has 0 aliphatic carbocycles. The van der Waals surface area contributed by atoms with Crippen LogP contribution in [-0.2, 0) is 0 Å². The minimum absolute atomic E-state index is 0.0738. The SMILES string of the molecule is CC(C)Oc1ccc2[nH]cc(C(=O)O)c2c1. The molecule has 84 valence electrons. The van der Waals surface area contributed by atoms with Gasteiger partial charge in [0.1, 0.15) is 5.75 Å². The van der Waals surface area contributed by atoms with E-state index < -0.39 is 5.97 Å². The fourth-order valence-electron chi connectivity index (χ4n) is 1.62. The lowest BCUT2D eigenvalue weighted by atomic mass is 10.1. The number of aromatic nitrogens is 1. The number of hydrogen-bond acceptors (Lipinski definition) is 2. The lowest BCUT2D eigenvalue weighted by Crippen LogP contribution is -2.05. The van der Waals surface area contributed by atoms with Crippen molar-refractivity contribution in [2.45, 2.75) is 20.0 Å². The minimum Gasteiger partial charge on any atom is -0.491 e. The van der Waals surface area contributed by atoms with E-state index in [9.17, 15) is 4.79 Å². The monoisotopic (exact) mass is 219 g/mol. The molecular weight excluding hydrogens is 206 g/mol. The molecule has 0 radical (unpaired) electrons. The molecular formula is C12H13NO3. The Balaban J connectivity index is 2.50. The Labute approximate surface area is 92.9 Å². The first-order valence-corrected chi connectivity index (χ1v) is 5.09. The number of benzene rings is 1. The molecule has 0 aliphatic rings. The molecule has 0 aliphatic heterocycles. The molecule has 0 bridgehead atoms. The van der Waals surface area contributed by atoms with Crippen molar-refractivity contribution < 1.29 is 14.6 Å². The highest BCUT2D eigenvalue weighted by Crippen LogP contribution is 2.24. The molecule has 16 heavy (non-hydrogen) atoms. The number of aromatic carboxylic acids is 1. The number of carboxylic acids is 1. The Morgan fingerprint density at radius 2 is 2.19 bits per heavy atom. The van der Waals surface area contributed by atoms with Crippen LogP contribution in [0.15, 0.2) is 24.4 Å². The summed E-state index contributed by atoms with van der Waals surface area (Å²) in [6.07, 6.45) is 1.57. The molecule has 0 atom stereocenters. The van der Waals surface area contributed by atoms with Crippen molar-refractivity contribution in [3.8, 4) is 5.75 Å². The highest BCUT2D eigenvalue weighted by atomic mass is 16.5. The third-order valence-corrected chi connectivity index (χ3v) is 2.26. The Morgan fingerprint density at radius 1 is 1.44 bits per heavy atom. The molecule has 0 fully saturated rings. The number of hydrogen-bond donors (Lipinski definition) is 2. The van der Waals surface area contributed by atoms with Crippen LogP contribution in [0, 0.1) is 0 Å². The average Bonchev–Trinajstić information content (AvgIpc) is 2.59. The van der Waals surface area contributed by atoms with Crippen LogP contribution in [0.2, 0.25) is 0 Å². The molecule has 4 nitrogen and oxygen atoms in total. The number of fused-ring (bicyclic) bond motifs is 1. The molecule has 1 aromatic carbocycles. The Hall–Kier alpha value is -1.97. The largest absolute Gasteiger partial charge is 0.491 e. The van der Waals surface area contributed by atoms with Crippen molar-refractivity contribution in [3.05, 3.63) is 30.0 Å². The van der Waals surface area contributed by atoms with Gasteiger partial charge in [-0.3, -0.25) is 0 Å². The second-order valence-electron chi connectivity index (χ2n) is 3.88. The van der Waals surface area contributed by atoms with Crippen LogP contribution >= 0.6 is 0 Å². The van der Waals surface area contributed by atoms with Gasteiger partial charge in [-0.1, -0.05) is 0 Å². The van der Waals surface area contributed by atoms with Gasteiger partial charge in [0, 0.05) is 17.1 Å². The number of ether oxygens (including phenoxy) is 1. The van der Waals surface area contributed by atoms with Crippen LogP contribution in [0.25, 0.3) is 10.9 Å². The van der Waals surface area contributed by atoms with Crippen molar-refractivity contribution >= 4 is 16.9 Å². The van der Waals surface area contributed by atoms with Gasteiger partial charge in [-0.2, -0.15) is 0 Å². The van der Waals surface area contributed by atoms with Gasteiger partial charge in [-0.25, -0.2) is 4.79 Å². The third-order valence-electron chi connectivity index (χ3n) is 2.26. The van der Waals surface area contributed by atoms with Crippen LogP contribution in [0.4, 0.5) is 0 Å². The summed E-state index contributed by atoms with van der Waals surface area (Å²) < 4.78 is 5.52. The molecule has 0 saturated heterocycles. The summed E-state index contributed by atoms with van der Waals surface area (Å²) >= 11 is 0. The fourth-order valence-corrected chi connectivity index (χ4v) is 1.62. The van der Waals surface area contributed by atoms with Crippen LogP contribution in [-0.4, -0.2) is 22.2 Å². The Bertz CT molecular complexity index is 528. The number of carbonyl (C=O) groups is 1. The second kappa shape index (κ2) is 3.89. The zero-order valence-electron chi connectivity index (χ0n) is 9.15. The third kappa shape index (κ3) is 1.86. The average molecular weight is 219 g/mol. The van der Waals surface area contributed by atoms with E-state index in [0.717, 1.165) is 5.52 Å². The maximum absolute atomic E-state index is 10.9.